The lowest BCUT2D eigenvalue weighted by Crippen LogP contribution is -2.46. The van der Waals surface area contributed by atoms with E-state index in [4.69, 9.17) is 5.11 Å². The Morgan fingerprint density at radius 2 is 2.44 bits per heavy atom. The molecule has 98 valence electrons. The number of carboxylic acids is 1. The van der Waals surface area contributed by atoms with Crippen LogP contribution in [0.1, 0.15) is 12.2 Å². The Balaban J connectivity index is 2.52. The monoisotopic (exact) mass is 252 g/mol. The summed E-state index contributed by atoms with van der Waals surface area (Å²) in [4.78, 5) is 30.8. The third-order valence-electron chi connectivity index (χ3n) is 2.29. The van der Waals surface area contributed by atoms with Gasteiger partial charge in [-0.15, -0.1) is 6.58 Å². The van der Waals surface area contributed by atoms with Crippen molar-refractivity contribution in [2.24, 2.45) is 0 Å². The van der Waals surface area contributed by atoms with Crippen molar-refractivity contribution in [2.75, 3.05) is 7.05 Å². The topological polar surface area (TPSA) is 98.3 Å². The smallest absolute Gasteiger partial charge is 0.326 e. The van der Waals surface area contributed by atoms with Gasteiger partial charge in [0.15, 0.2) is 0 Å². The van der Waals surface area contributed by atoms with E-state index in [1.54, 1.807) is 19.4 Å². The van der Waals surface area contributed by atoms with Gasteiger partial charge in [-0.25, -0.2) is 14.6 Å². The number of imidazole rings is 1. The Bertz CT molecular complexity index is 416. The number of hydrogen-bond donors (Lipinski definition) is 3. The molecule has 0 aliphatic heterocycles. The van der Waals surface area contributed by atoms with Crippen molar-refractivity contribution >= 4 is 12.0 Å². The molecule has 0 radical (unpaired) electrons. The van der Waals surface area contributed by atoms with Crippen molar-refractivity contribution < 1.29 is 14.7 Å². The molecule has 7 nitrogen and oxygen atoms in total. The van der Waals surface area contributed by atoms with Crippen molar-refractivity contribution in [1.29, 1.82) is 0 Å². The van der Waals surface area contributed by atoms with E-state index < -0.39 is 18.0 Å². The predicted octanol–water partition coefficient (Wildman–Crippen LogP) is 0.580. The van der Waals surface area contributed by atoms with Crippen LogP contribution in [0, 0.1) is 0 Å². The number of carbonyl (C=O) groups excluding carboxylic acids is 1. The Morgan fingerprint density at radius 1 is 1.72 bits per heavy atom. The quantitative estimate of drug-likeness (QED) is 0.645. The van der Waals surface area contributed by atoms with E-state index in [-0.39, 0.29) is 13.0 Å². The molecule has 7 heteroatoms. The highest BCUT2D eigenvalue weighted by Crippen LogP contribution is 1.99. The standard InChI is InChI=1S/C11H16N4O3/c1-3-4-8(10(16)17)14-11(18)15(2)7-9-12-5-6-13-9/h3,5-6,8H,1,4,7H2,2H3,(H,12,13)(H,14,18)(H,16,17). The van der Waals surface area contributed by atoms with Gasteiger partial charge in [-0.3, -0.25) is 0 Å². The second-order valence-electron chi connectivity index (χ2n) is 3.76. The maximum absolute atomic E-state index is 11.7. The molecule has 0 saturated carbocycles. The van der Waals surface area contributed by atoms with Gasteiger partial charge in [-0.2, -0.15) is 0 Å². The van der Waals surface area contributed by atoms with Crippen LogP contribution in [-0.4, -0.2) is 45.1 Å². The second-order valence-corrected chi connectivity index (χ2v) is 3.76. The number of nitrogens with one attached hydrogen (secondary N) is 2. The highest BCUT2D eigenvalue weighted by atomic mass is 16.4. The molecule has 1 aromatic heterocycles. The van der Waals surface area contributed by atoms with E-state index in [1.807, 2.05) is 0 Å². The van der Waals surface area contributed by atoms with Gasteiger partial charge in [-0.05, 0) is 6.42 Å². The van der Waals surface area contributed by atoms with Gasteiger partial charge in [0.1, 0.15) is 11.9 Å². The molecule has 0 bridgehead atoms. The molecule has 3 N–H and O–H groups in total. The first-order chi connectivity index (χ1) is 8.54. The summed E-state index contributed by atoms with van der Waals surface area (Å²) in [6.07, 6.45) is 4.86. The lowest BCUT2D eigenvalue weighted by atomic mass is 10.2. The van der Waals surface area contributed by atoms with Gasteiger partial charge >= 0.3 is 12.0 Å². The molecule has 0 aliphatic carbocycles. The molecule has 0 aliphatic rings. The Hall–Kier alpha value is -2.31. The van der Waals surface area contributed by atoms with E-state index >= 15 is 0 Å². The Kier molecular flexibility index (Phi) is 4.91. The van der Waals surface area contributed by atoms with Gasteiger partial charge in [0, 0.05) is 19.4 Å². The third kappa shape index (κ3) is 3.93. The number of aliphatic carboxylic acids is 1. The average molecular weight is 252 g/mol. The number of aromatic nitrogens is 2. The minimum absolute atomic E-state index is 0.176. The van der Waals surface area contributed by atoms with Crippen LogP contribution < -0.4 is 5.32 Å². The molecule has 0 fully saturated rings. The summed E-state index contributed by atoms with van der Waals surface area (Å²) in [5.74, 6) is -0.460. The summed E-state index contributed by atoms with van der Waals surface area (Å²) < 4.78 is 0. The Morgan fingerprint density at radius 3 is 2.94 bits per heavy atom. The maximum atomic E-state index is 11.7. The zero-order chi connectivity index (χ0) is 13.5. The summed E-state index contributed by atoms with van der Waals surface area (Å²) in [6.45, 7) is 3.73. The minimum Gasteiger partial charge on any atom is -0.480 e. The first-order valence-electron chi connectivity index (χ1n) is 5.38. The van der Waals surface area contributed by atoms with E-state index in [0.29, 0.717) is 5.82 Å². The van der Waals surface area contributed by atoms with Crippen molar-refractivity contribution in [1.82, 2.24) is 20.2 Å². The molecular weight excluding hydrogens is 236 g/mol. The average Bonchev–Trinajstić information content (AvgIpc) is 2.80. The lowest BCUT2D eigenvalue weighted by molar-refractivity contribution is -0.139. The van der Waals surface area contributed by atoms with Crippen LogP contribution in [0.3, 0.4) is 0 Å². The second kappa shape index (κ2) is 6.43. The van der Waals surface area contributed by atoms with Crippen LogP contribution in [0.25, 0.3) is 0 Å². The zero-order valence-corrected chi connectivity index (χ0v) is 10.1. The number of amides is 2. The van der Waals surface area contributed by atoms with Crippen LogP contribution in [-0.2, 0) is 11.3 Å². The van der Waals surface area contributed by atoms with Crippen molar-refractivity contribution in [2.45, 2.75) is 19.0 Å². The van der Waals surface area contributed by atoms with Gasteiger partial charge in [0.25, 0.3) is 0 Å². The van der Waals surface area contributed by atoms with Gasteiger partial charge in [0.2, 0.25) is 0 Å². The first-order valence-corrected chi connectivity index (χ1v) is 5.38. The predicted molar refractivity (Wildman–Crippen MR) is 64.8 cm³/mol. The molecule has 2 amide bonds. The fourth-order valence-electron chi connectivity index (χ4n) is 1.33. The minimum atomic E-state index is -1.09. The molecule has 0 saturated heterocycles. The fourth-order valence-corrected chi connectivity index (χ4v) is 1.33. The van der Waals surface area contributed by atoms with Crippen molar-refractivity contribution in [3.8, 4) is 0 Å². The molecule has 0 aromatic carbocycles. The molecule has 1 heterocycles. The number of carboxylic acid groups (broad SMARTS) is 1. The molecule has 1 atom stereocenters. The number of rotatable bonds is 6. The van der Waals surface area contributed by atoms with Crippen LogP contribution in [0.4, 0.5) is 4.79 Å². The van der Waals surface area contributed by atoms with Crippen molar-refractivity contribution in [3.05, 3.63) is 30.9 Å². The van der Waals surface area contributed by atoms with E-state index in [1.165, 1.54) is 11.0 Å². The van der Waals surface area contributed by atoms with Gasteiger partial charge < -0.3 is 20.3 Å². The Labute approximate surface area is 105 Å². The van der Waals surface area contributed by atoms with Crippen LogP contribution in [0.5, 0.6) is 0 Å². The highest BCUT2D eigenvalue weighted by molar-refractivity contribution is 5.82. The molecule has 1 aromatic rings. The molecule has 18 heavy (non-hydrogen) atoms. The third-order valence-corrected chi connectivity index (χ3v) is 2.29. The van der Waals surface area contributed by atoms with Crippen molar-refractivity contribution in [3.63, 3.8) is 0 Å². The summed E-state index contributed by atoms with van der Waals surface area (Å²) in [5.41, 5.74) is 0. The molecule has 0 spiro atoms. The normalized spacial score (nSPS) is 11.6. The molecular formula is C11H16N4O3. The van der Waals surface area contributed by atoms with Gasteiger partial charge in [0.05, 0.1) is 6.54 Å². The largest absolute Gasteiger partial charge is 0.480 e. The number of H-pyrrole nitrogens is 1. The number of urea groups is 1. The maximum Gasteiger partial charge on any atom is 0.326 e. The van der Waals surface area contributed by atoms with E-state index in [9.17, 15) is 9.59 Å². The van der Waals surface area contributed by atoms with E-state index in [0.717, 1.165) is 0 Å². The first kappa shape index (κ1) is 13.8. The zero-order valence-electron chi connectivity index (χ0n) is 10.1. The summed E-state index contributed by atoms with van der Waals surface area (Å²) in [5, 5.41) is 11.3. The molecule has 1 unspecified atom stereocenters. The van der Waals surface area contributed by atoms with Crippen LogP contribution >= 0.6 is 0 Å². The number of hydrogen-bond acceptors (Lipinski definition) is 3. The fraction of sp³-hybridized carbons (Fsp3) is 0.364. The summed E-state index contributed by atoms with van der Waals surface area (Å²) >= 11 is 0. The highest BCUT2D eigenvalue weighted by Gasteiger charge is 2.20. The molecule has 1 rings (SSSR count). The van der Waals surface area contributed by atoms with Crippen LogP contribution in [0.2, 0.25) is 0 Å². The SMILES string of the molecule is C=CCC(NC(=O)N(C)Cc1ncc[nH]1)C(=O)O. The number of nitrogens with zero attached hydrogens (tertiary/aromatic N) is 2. The lowest BCUT2D eigenvalue weighted by Gasteiger charge is -2.19. The van der Waals surface area contributed by atoms with E-state index in [2.05, 4.69) is 21.9 Å². The van der Waals surface area contributed by atoms with Crippen LogP contribution in [0.15, 0.2) is 25.0 Å². The summed E-state index contributed by atoms with van der Waals surface area (Å²) in [6, 6.07) is -1.44. The summed E-state index contributed by atoms with van der Waals surface area (Å²) in [7, 11) is 1.56. The number of aromatic amines is 1. The van der Waals surface area contributed by atoms with Gasteiger partial charge in [-0.1, -0.05) is 6.08 Å². The number of carbonyl (C=O) groups is 2.